The highest BCUT2D eigenvalue weighted by atomic mass is 16.5. The van der Waals surface area contributed by atoms with Crippen LogP contribution in [0.15, 0.2) is 24.3 Å². The lowest BCUT2D eigenvalue weighted by Crippen LogP contribution is -2.40. The molecule has 4 nitrogen and oxygen atoms in total. The number of piperidine rings is 1. The van der Waals surface area contributed by atoms with E-state index in [9.17, 15) is 9.90 Å². The summed E-state index contributed by atoms with van der Waals surface area (Å²) in [6.45, 7) is 3.57. The van der Waals surface area contributed by atoms with Gasteiger partial charge < -0.3 is 14.7 Å². The number of carbonyl (C=O) groups is 1. The third-order valence-corrected chi connectivity index (χ3v) is 3.88. The number of methoxy groups -OCH3 is 1. The van der Waals surface area contributed by atoms with E-state index in [4.69, 9.17) is 4.74 Å². The van der Waals surface area contributed by atoms with Gasteiger partial charge in [-0.3, -0.25) is 4.79 Å². The molecule has 1 fully saturated rings. The maximum Gasteiger partial charge on any atom is 0.246 e. The number of aryl methyl sites for hydroxylation is 1. The van der Waals surface area contributed by atoms with E-state index in [1.165, 1.54) is 0 Å². The minimum atomic E-state index is -0.00305. The van der Waals surface area contributed by atoms with Crippen LogP contribution in [0.4, 0.5) is 0 Å². The van der Waals surface area contributed by atoms with Crippen molar-refractivity contribution in [1.29, 1.82) is 0 Å². The Hall–Kier alpha value is -1.81. The largest absolute Gasteiger partial charge is 0.496 e. The minimum Gasteiger partial charge on any atom is -0.496 e. The molecule has 1 heterocycles. The number of nitrogens with zero attached hydrogens (tertiary/aromatic N) is 1. The average Bonchev–Trinajstić information content (AvgIpc) is 2.52. The van der Waals surface area contributed by atoms with E-state index in [0.717, 1.165) is 36.3 Å². The summed E-state index contributed by atoms with van der Waals surface area (Å²) in [4.78, 5) is 14.0. The molecule has 1 amide bonds. The Morgan fingerprint density at radius 1 is 1.52 bits per heavy atom. The number of amides is 1. The number of hydrogen-bond acceptors (Lipinski definition) is 3. The van der Waals surface area contributed by atoms with Crippen LogP contribution < -0.4 is 4.74 Å². The Kier molecular flexibility index (Phi) is 5.39. The number of aliphatic hydroxyl groups excluding tert-OH is 1. The fraction of sp³-hybridized carbons (Fsp3) is 0.471. The van der Waals surface area contributed by atoms with Gasteiger partial charge in [-0.2, -0.15) is 0 Å². The van der Waals surface area contributed by atoms with Crippen molar-refractivity contribution in [2.75, 3.05) is 26.8 Å². The van der Waals surface area contributed by atoms with E-state index >= 15 is 0 Å². The molecular formula is C17H23NO3. The van der Waals surface area contributed by atoms with Gasteiger partial charge in [0.2, 0.25) is 5.91 Å². The van der Waals surface area contributed by atoms with Crippen LogP contribution in [-0.4, -0.2) is 42.7 Å². The van der Waals surface area contributed by atoms with Gasteiger partial charge in [-0.25, -0.2) is 0 Å². The first kappa shape index (κ1) is 15.6. The van der Waals surface area contributed by atoms with Crippen molar-refractivity contribution < 1.29 is 14.6 Å². The first-order valence-electron chi connectivity index (χ1n) is 7.36. The molecule has 1 aromatic carbocycles. The maximum atomic E-state index is 12.2. The zero-order valence-electron chi connectivity index (χ0n) is 12.7. The molecule has 1 aromatic rings. The number of likely N-dealkylation sites (tertiary alicyclic amines) is 1. The first-order valence-corrected chi connectivity index (χ1v) is 7.36. The smallest absolute Gasteiger partial charge is 0.246 e. The van der Waals surface area contributed by atoms with E-state index in [1.54, 1.807) is 19.3 Å². The molecule has 0 spiro atoms. The second-order valence-electron chi connectivity index (χ2n) is 5.55. The number of ether oxygens (including phenoxy) is 1. The molecule has 4 heteroatoms. The summed E-state index contributed by atoms with van der Waals surface area (Å²) in [6, 6.07) is 5.88. The molecule has 1 atom stereocenters. The summed E-state index contributed by atoms with van der Waals surface area (Å²) in [5.74, 6) is 0.970. The second kappa shape index (κ2) is 7.27. The Balaban J connectivity index is 2.06. The van der Waals surface area contributed by atoms with Gasteiger partial charge in [0.1, 0.15) is 5.75 Å². The number of benzene rings is 1. The molecular weight excluding hydrogens is 266 g/mol. The van der Waals surface area contributed by atoms with Gasteiger partial charge in [0, 0.05) is 31.3 Å². The van der Waals surface area contributed by atoms with E-state index in [0.29, 0.717) is 6.54 Å². The van der Waals surface area contributed by atoms with Crippen molar-refractivity contribution in [2.24, 2.45) is 5.92 Å². The summed E-state index contributed by atoms with van der Waals surface area (Å²) < 4.78 is 5.30. The minimum absolute atomic E-state index is 0.00305. The highest BCUT2D eigenvalue weighted by Crippen LogP contribution is 2.21. The fourth-order valence-corrected chi connectivity index (χ4v) is 2.66. The van der Waals surface area contributed by atoms with E-state index in [2.05, 4.69) is 0 Å². The van der Waals surface area contributed by atoms with Crippen LogP contribution in [0.3, 0.4) is 0 Å². The molecule has 0 bridgehead atoms. The molecule has 1 unspecified atom stereocenters. The number of aliphatic hydroxyl groups is 1. The molecule has 1 N–H and O–H groups in total. The Morgan fingerprint density at radius 3 is 3.05 bits per heavy atom. The van der Waals surface area contributed by atoms with E-state index in [-0.39, 0.29) is 18.4 Å². The van der Waals surface area contributed by atoms with Gasteiger partial charge in [0.15, 0.2) is 0 Å². The second-order valence-corrected chi connectivity index (χ2v) is 5.55. The average molecular weight is 289 g/mol. The predicted octanol–water partition coefficient (Wildman–Crippen LogP) is 2.25. The van der Waals surface area contributed by atoms with Crippen LogP contribution in [-0.2, 0) is 4.79 Å². The van der Waals surface area contributed by atoms with E-state index < -0.39 is 0 Å². The van der Waals surface area contributed by atoms with Gasteiger partial charge in [0.25, 0.3) is 0 Å². The van der Waals surface area contributed by atoms with Gasteiger partial charge >= 0.3 is 0 Å². The van der Waals surface area contributed by atoms with E-state index in [1.807, 2.05) is 30.0 Å². The standard InChI is InChI=1S/C17H23NO3/c1-13-5-7-16(21-2)15(10-13)6-8-17(20)18-9-3-4-14(11-18)12-19/h5-8,10,14,19H,3-4,9,11-12H2,1-2H3/b8-6+. The van der Waals surface area contributed by atoms with Crippen molar-refractivity contribution >= 4 is 12.0 Å². The van der Waals surface area contributed by atoms with Crippen LogP contribution in [0, 0.1) is 12.8 Å². The maximum absolute atomic E-state index is 12.2. The van der Waals surface area contributed by atoms with Gasteiger partial charge in [-0.15, -0.1) is 0 Å². The molecule has 0 radical (unpaired) electrons. The molecule has 21 heavy (non-hydrogen) atoms. The van der Waals surface area contributed by atoms with Crippen LogP contribution in [0.25, 0.3) is 6.08 Å². The third-order valence-electron chi connectivity index (χ3n) is 3.88. The number of hydrogen-bond donors (Lipinski definition) is 1. The van der Waals surface area contributed by atoms with Gasteiger partial charge in [0.05, 0.1) is 7.11 Å². The molecule has 1 aliphatic heterocycles. The van der Waals surface area contributed by atoms with Crippen molar-refractivity contribution in [3.05, 3.63) is 35.4 Å². The van der Waals surface area contributed by atoms with Gasteiger partial charge in [-0.05, 0) is 43.9 Å². The highest BCUT2D eigenvalue weighted by molar-refractivity contribution is 5.92. The monoisotopic (exact) mass is 289 g/mol. The molecule has 2 rings (SSSR count). The lowest BCUT2D eigenvalue weighted by atomic mass is 9.99. The molecule has 0 aromatic heterocycles. The van der Waals surface area contributed by atoms with Crippen molar-refractivity contribution in [3.63, 3.8) is 0 Å². The van der Waals surface area contributed by atoms with Crippen LogP contribution in [0.1, 0.15) is 24.0 Å². The van der Waals surface area contributed by atoms with Crippen molar-refractivity contribution in [3.8, 4) is 5.75 Å². The SMILES string of the molecule is COc1ccc(C)cc1/C=C/C(=O)N1CCCC(CO)C1. The summed E-state index contributed by atoms with van der Waals surface area (Å²) in [6.07, 6.45) is 5.35. The molecule has 1 saturated heterocycles. The lowest BCUT2D eigenvalue weighted by molar-refractivity contribution is -0.127. The first-order chi connectivity index (χ1) is 10.1. The Bertz CT molecular complexity index is 525. The molecule has 1 aliphatic rings. The summed E-state index contributed by atoms with van der Waals surface area (Å²) >= 11 is 0. The topological polar surface area (TPSA) is 49.8 Å². The van der Waals surface area contributed by atoms with Crippen molar-refractivity contribution in [2.45, 2.75) is 19.8 Å². The summed E-state index contributed by atoms with van der Waals surface area (Å²) in [7, 11) is 1.63. The molecule has 0 aliphatic carbocycles. The third kappa shape index (κ3) is 4.08. The van der Waals surface area contributed by atoms with Crippen LogP contribution in [0.5, 0.6) is 5.75 Å². The summed E-state index contributed by atoms with van der Waals surface area (Å²) in [5.41, 5.74) is 2.03. The Morgan fingerprint density at radius 2 is 2.33 bits per heavy atom. The molecule has 0 saturated carbocycles. The molecule has 114 valence electrons. The zero-order valence-corrected chi connectivity index (χ0v) is 12.7. The Labute approximate surface area is 126 Å². The van der Waals surface area contributed by atoms with Gasteiger partial charge in [-0.1, -0.05) is 11.6 Å². The summed E-state index contributed by atoms with van der Waals surface area (Å²) in [5, 5.41) is 9.22. The zero-order chi connectivity index (χ0) is 15.2. The van der Waals surface area contributed by atoms with Crippen LogP contribution in [0.2, 0.25) is 0 Å². The van der Waals surface area contributed by atoms with Crippen LogP contribution >= 0.6 is 0 Å². The fourth-order valence-electron chi connectivity index (χ4n) is 2.66. The predicted molar refractivity (Wildman–Crippen MR) is 83.2 cm³/mol. The number of rotatable bonds is 4. The quantitative estimate of drug-likeness (QED) is 0.865. The number of carbonyl (C=O) groups excluding carboxylic acids is 1. The highest BCUT2D eigenvalue weighted by Gasteiger charge is 2.21. The van der Waals surface area contributed by atoms with Crippen molar-refractivity contribution in [1.82, 2.24) is 4.90 Å². The lowest BCUT2D eigenvalue weighted by Gasteiger charge is -2.31. The normalized spacial score (nSPS) is 19.0.